The van der Waals surface area contributed by atoms with Crippen LogP contribution in [0.25, 0.3) is 0 Å². The van der Waals surface area contributed by atoms with Gasteiger partial charge in [-0.1, -0.05) is 6.92 Å². The maximum absolute atomic E-state index is 11.5. The molecule has 140 valence electrons. The zero-order valence-electron chi connectivity index (χ0n) is 15.7. The molecule has 4 nitrogen and oxygen atoms in total. The van der Waals surface area contributed by atoms with Gasteiger partial charge in [0.15, 0.2) is 5.78 Å². The third kappa shape index (κ3) is 4.33. The number of thiophene rings is 1. The highest BCUT2D eigenvalue weighted by atomic mass is 32.1. The first kappa shape index (κ1) is 19.0. The largest absolute Gasteiger partial charge is 0.396 e. The van der Waals surface area contributed by atoms with Crippen molar-refractivity contribution in [3.63, 3.8) is 0 Å². The molecule has 0 amide bonds. The van der Waals surface area contributed by atoms with Gasteiger partial charge in [0.05, 0.1) is 4.88 Å². The monoisotopic (exact) mass is 364 g/mol. The number of rotatable bonds is 6. The summed E-state index contributed by atoms with van der Waals surface area (Å²) in [5, 5.41) is 12.2. The number of carbonyl (C=O) groups excluding carboxylic acids is 1. The van der Waals surface area contributed by atoms with Crippen LogP contribution in [0.4, 0.5) is 0 Å². The van der Waals surface area contributed by atoms with E-state index in [1.807, 2.05) is 6.07 Å². The molecule has 1 aromatic rings. The van der Waals surface area contributed by atoms with E-state index in [2.05, 4.69) is 22.1 Å². The van der Waals surface area contributed by atoms with Crippen LogP contribution in [-0.2, 0) is 6.54 Å². The first-order valence-corrected chi connectivity index (χ1v) is 10.6. The Labute approximate surface area is 155 Å². The lowest BCUT2D eigenvalue weighted by Gasteiger charge is -2.51. The van der Waals surface area contributed by atoms with Gasteiger partial charge in [-0.25, -0.2) is 0 Å². The lowest BCUT2D eigenvalue weighted by molar-refractivity contribution is -0.0436. The number of hydrogen-bond acceptors (Lipinski definition) is 5. The molecule has 2 saturated heterocycles. The molecular weight excluding hydrogens is 332 g/mol. The Morgan fingerprint density at radius 2 is 1.96 bits per heavy atom. The van der Waals surface area contributed by atoms with Crippen molar-refractivity contribution in [2.75, 3.05) is 39.3 Å². The van der Waals surface area contributed by atoms with Crippen molar-refractivity contribution in [3.05, 3.63) is 21.9 Å². The van der Waals surface area contributed by atoms with E-state index in [-0.39, 0.29) is 5.78 Å². The van der Waals surface area contributed by atoms with E-state index >= 15 is 0 Å². The summed E-state index contributed by atoms with van der Waals surface area (Å²) in [6.07, 6.45) is 4.90. The molecule has 0 unspecified atom stereocenters. The van der Waals surface area contributed by atoms with Crippen molar-refractivity contribution in [2.45, 2.75) is 46.1 Å². The summed E-state index contributed by atoms with van der Waals surface area (Å²) < 4.78 is 0. The van der Waals surface area contributed by atoms with Gasteiger partial charge >= 0.3 is 0 Å². The summed E-state index contributed by atoms with van der Waals surface area (Å²) in [7, 11) is 0. The highest BCUT2D eigenvalue weighted by Crippen LogP contribution is 2.45. The number of carbonyl (C=O) groups is 1. The van der Waals surface area contributed by atoms with Crippen LogP contribution in [0.1, 0.15) is 54.8 Å². The SMILES string of the molecule is CCCN1CCC2(CC1)CCN(Cc1csc(C(C)=O)c1)C[C@H]2CO. The van der Waals surface area contributed by atoms with Gasteiger partial charge in [0.2, 0.25) is 0 Å². The maximum Gasteiger partial charge on any atom is 0.169 e. The number of hydrogen-bond donors (Lipinski definition) is 1. The molecule has 1 atom stereocenters. The fourth-order valence-corrected chi connectivity index (χ4v) is 5.48. The molecule has 0 bridgehead atoms. The van der Waals surface area contributed by atoms with Crippen molar-refractivity contribution in [2.24, 2.45) is 11.3 Å². The Bertz CT molecular complexity index is 578. The van der Waals surface area contributed by atoms with E-state index in [1.54, 1.807) is 18.3 Å². The van der Waals surface area contributed by atoms with Crippen molar-refractivity contribution in [1.29, 1.82) is 0 Å². The molecule has 1 aromatic heterocycles. The number of aliphatic hydroxyl groups is 1. The molecule has 3 heterocycles. The van der Waals surface area contributed by atoms with Crippen molar-refractivity contribution in [1.82, 2.24) is 9.80 Å². The number of likely N-dealkylation sites (tertiary alicyclic amines) is 2. The van der Waals surface area contributed by atoms with Crippen LogP contribution in [0, 0.1) is 11.3 Å². The second kappa shape index (κ2) is 8.30. The number of piperidine rings is 2. The van der Waals surface area contributed by atoms with Gasteiger partial charge < -0.3 is 10.0 Å². The van der Waals surface area contributed by atoms with Crippen molar-refractivity contribution >= 4 is 17.1 Å². The molecular formula is C20H32N2O2S. The summed E-state index contributed by atoms with van der Waals surface area (Å²) in [6.45, 7) is 10.8. The van der Waals surface area contributed by atoms with E-state index in [1.165, 1.54) is 50.9 Å². The number of Topliss-reactive ketones (excluding diaryl/α,β-unsaturated/α-hetero) is 1. The summed E-state index contributed by atoms with van der Waals surface area (Å²) in [5.74, 6) is 0.539. The minimum absolute atomic E-state index is 0.154. The average Bonchev–Trinajstić information content (AvgIpc) is 3.08. The molecule has 1 N–H and O–H groups in total. The molecule has 0 saturated carbocycles. The van der Waals surface area contributed by atoms with E-state index in [9.17, 15) is 9.90 Å². The number of aliphatic hydroxyl groups excluding tert-OH is 1. The molecule has 2 fully saturated rings. The Hall–Kier alpha value is -0.750. The fraction of sp³-hybridized carbons (Fsp3) is 0.750. The third-order valence-electron chi connectivity index (χ3n) is 6.29. The summed E-state index contributed by atoms with van der Waals surface area (Å²) >= 11 is 1.55. The lowest BCUT2D eigenvalue weighted by atomic mass is 9.64. The molecule has 3 rings (SSSR count). The Kier molecular flexibility index (Phi) is 6.31. The minimum Gasteiger partial charge on any atom is -0.396 e. The molecule has 25 heavy (non-hydrogen) atoms. The first-order valence-electron chi connectivity index (χ1n) is 9.70. The highest BCUT2D eigenvalue weighted by Gasteiger charge is 2.44. The van der Waals surface area contributed by atoms with Crippen molar-refractivity contribution in [3.8, 4) is 0 Å². The highest BCUT2D eigenvalue weighted by molar-refractivity contribution is 7.12. The van der Waals surface area contributed by atoms with Crippen molar-refractivity contribution < 1.29 is 9.90 Å². The zero-order chi connectivity index (χ0) is 17.9. The van der Waals surface area contributed by atoms with Gasteiger partial charge in [-0.05, 0) is 81.2 Å². The Balaban J connectivity index is 1.59. The molecule has 5 heteroatoms. The molecule has 1 spiro atoms. The second-order valence-corrected chi connectivity index (χ2v) is 8.86. The van der Waals surface area contributed by atoms with Gasteiger partial charge in [0.25, 0.3) is 0 Å². The Morgan fingerprint density at radius 1 is 1.28 bits per heavy atom. The molecule has 0 aromatic carbocycles. The van der Waals surface area contributed by atoms with E-state index in [0.717, 1.165) is 24.5 Å². The predicted octanol–water partition coefficient (Wildman–Crippen LogP) is 3.26. The molecule has 0 radical (unpaired) electrons. The van der Waals surface area contributed by atoms with Gasteiger partial charge in [-0.2, -0.15) is 0 Å². The maximum atomic E-state index is 11.5. The standard InChI is InChI=1S/C20H32N2O2S/c1-3-7-21-8-4-20(5-9-21)6-10-22(13-18(20)14-23)12-17-11-19(16(2)24)25-15-17/h11,15,18,23H,3-10,12-14H2,1-2H3/t18-/m0/s1. The van der Waals surface area contributed by atoms with Gasteiger partial charge in [-0.3, -0.25) is 9.69 Å². The quantitative estimate of drug-likeness (QED) is 0.787. The van der Waals surface area contributed by atoms with Crippen LogP contribution >= 0.6 is 11.3 Å². The normalized spacial score (nSPS) is 24.7. The predicted molar refractivity (Wildman–Crippen MR) is 103 cm³/mol. The lowest BCUT2D eigenvalue weighted by Crippen LogP contribution is -2.53. The second-order valence-electron chi connectivity index (χ2n) is 7.94. The average molecular weight is 365 g/mol. The summed E-state index contributed by atoms with van der Waals surface area (Å²) in [5.41, 5.74) is 1.58. The number of nitrogens with zero attached hydrogens (tertiary/aromatic N) is 2. The van der Waals surface area contributed by atoms with E-state index in [4.69, 9.17) is 0 Å². The van der Waals surface area contributed by atoms with Crippen LogP contribution in [-0.4, -0.2) is 60.0 Å². The smallest absolute Gasteiger partial charge is 0.169 e. The first-order chi connectivity index (χ1) is 12.1. The van der Waals surface area contributed by atoms with Gasteiger partial charge in [0.1, 0.15) is 0 Å². The topological polar surface area (TPSA) is 43.8 Å². The van der Waals surface area contributed by atoms with Gasteiger partial charge in [-0.15, -0.1) is 11.3 Å². The number of ketones is 1. The van der Waals surface area contributed by atoms with E-state index in [0.29, 0.717) is 17.9 Å². The van der Waals surface area contributed by atoms with Gasteiger partial charge in [0, 0.05) is 25.6 Å². The van der Waals surface area contributed by atoms with Crippen LogP contribution in [0.15, 0.2) is 11.4 Å². The Morgan fingerprint density at radius 3 is 2.52 bits per heavy atom. The molecule has 2 aliphatic heterocycles. The summed E-state index contributed by atoms with van der Waals surface area (Å²) in [6, 6.07) is 2.04. The zero-order valence-corrected chi connectivity index (χ0v) is 16.5. The molecule has 0 aliphatic carbocycles. The minimum atomic E-state index is 0.154. The van der Waals surface area contributed by atoms with Crippen LogP contribution in [0.5, 0.6) is 0 Å². The molecule has 2 aliphatic rings. The third-order valence-corrected chi connectivity index (χ3v) is 7.37. The van der Waals surface area contributed by atoms with Crippen LogP contribution in [0.2, 0.25) is 0 Å². The van der Waals surface area contributed by atoms with Crippen LogP contribution < -0.4 is 0 Å². The van der Waals surface area contributed by atoms with Crippen LogP contribution in [0.3, 0.4) is 0 Å². The van der Waals surface area contributed by atoms with E-state index < -0.39 is 0 Å². The summed E-state index contributed by atoms with van der Waals surface area (Å²) in [4.78, 5) is 17.4. The fourth-order valence-electron chi connectivity index (χ4n) is 4.67.